The van der Waals surface area contributed by atoms with Crippen molar-refractivity contribution in [1.82, 2.24) is 15.5 Å². The van der Waals surface area contributed by atoms with E-state index in [-0.39, 0.29) is 34.4 Å². The molecule has 0 bridgehead atoms. The van der Waals surface area contributed by atoms with Crippen LogP contribution in [0.5, 0.6) is 0 Å². The van der Waals surface area contributed by atoms with Crippen LogP contribution in [0, 0.1) is 10.1 Å². The first-order chi connectivity index (χ1) is 13.5. The zero-order valence-corrected chi connectivity index (χ0v) is 15.9. The maximum absolute atomic E-state index is 12.1. The molecule has 0 aliphatic heterocycles. The molecule has 1 heterocycles. The minimum Gasteiger partial charge on any atom is -0.411 e. The van der Waals surface area contributed by atoms with Gasteiger partial charge in [0.25, 0.3) is 10.9 Å². The second kappa shape index (κ2) is 9.14. The van der Waals surface area contributed by atoms with Crippen LogP contribution in [0.4, 0.5) is 5.69 Å². The molecule has 0 fully saturated rings. The number of nitrogens with zero attached hydrogens (tertiary/aromatic N) is 3. The van der Waals surface area contributed by atoms with Crippen LogP contribution in [0.2, 0.25) is 0 Å². The average molecular weight is 398 g/mol. The number of benzene rings is 2. The van der Waals surface area contributed by atoms with Gasteiger partial charge in [0, 0.05) is 24.2 Å². The van der Waals surface area contributed by atoms with Crippen LogP contribution in [0.1, 0.15) is 18.4 Å². The second-order valence-electron chi connectivity index (χ2n) is 6.09. The van der Waals surface area contributed by atoms with E-state index in [1.54, 1.807) is 12.1 Å². The van der Waals surface area contributed by atoms with Crippen LogP contribution in [0.15, 0.2) is 64.2 Å². The van der Waals surface area contributed by atoms with Gasteiger partial charge in [-0.15, -0.1) is 10.2 Å². The molecule has 1 aromatic heterocycles. The van der Waals surface area contributed by atoms with E-state index in [4.69, 9.17) is 4.42 Å². The molecule has 9 heteroatoms. The Kier molecular flexibility index (Phi) is 6.38. The van der Waals surface area contributed by atoms with Gasteiger partial charge in [-0.05, 0) is 17.5 Å². The van der Waals surface area contributed by atoms with E-state index in [0.29, 0.717) is 12.1 Å². The third-order valence-electron chi connectivity index (χ3n) is 4.01. The van der Waals surface area contributed by atoms with E-state index >= 15 is 0 Å². The zero-order chi connectivity index (χ0) is 19.9. The molecule has 0 saturated carbocycles. The van der Waals surface area contributed by atoms with Crippen molar-refractivity contribution in [1.29, 1.82) is 0 Å². The van der Waals surface area contributed by atoms with Crippen molar-refractivity contribution in [2.24, 2.45) is 0 Å². The molecule has 8 nitrogen and oxygen atoms in total. The fraction of sp³-hybridized carbons (Fsp3) is 0.211. The van der Waals surface area contributed by atoms with Gasteiger partial charge in [-0.25, -0.2) is 0 Å². The van der Waals surface area contributed by atoms with Crippen LogP contribution in [-0.4, -0.2) is 33.3 Å². The fourth-order valence-corrected chi connectivity index (χ4v) is 3.07. The molecule has 0 aliphatic rings. The van der Waals surface area contributed by atoms with Gasteiger partial charge < -0.3 is 9.73 Å². The Morgan fingerprint density at radius 2 is 2.00 bits per heavy atom. The normalized spacial score (nSPS) is 11.8. The molecule has 0 unspecified atom stereocenters. The molecule has 1 atom stereocenters. The maximum Gasteiger partial charge on any atom is 0.277 e. The summed E-state index contributed by atoms with van der Waals surface area (Å²) in [4.78, 5) is 22.4. The van der Waals surface area contributed by atoms with Gasteiger partial charge >= 0.3 is 0 Å². The number of carbonyl (C=O) groups is 1. The molecule has 1 amide bonds. The van der Waals surface area contributed by atoms with Gasteiger partial charge in [0.15, 0.2) is 0 Å². The highest BCUT2D eigenvalue weighted by molar-refractivity contribution is 7.99. The lowest BCUT2D eigenvalue weighted by molar-refractivity contribution is -0.384. The first kappa shape index (κ1) is 19.6. The monoisotopic (exact) mass is 398 g/mol. The maximum atomic E-state index is 12.1. The van der Waals surface area contributed by atoms with Crippen LogP contribution < -0.4 is 5.32 Å². The Morgan fingerprint density at radius 3 is 2.75 bits per heavy atom. The molecule has 28 heavy (non-hydrogen) atoms. The minimum absolute atomic E-state index is 0.0585. The number of carbonyl (C=O) groups excluding carboxylic acids is 1. The number of nitro groups is 1. The third kappa shape index (κ3) is 5.17. The van der Waals surface area contributed by atoms with E-state index < -0.39 is 4.92 Å². The molecule has 144 valence electrons. The quantitative estimate of drug-likeness (QED) is 0.350. The number of nitrogens with one attached hydrogen (secondary N) is 1. The van der Waals surface area contributed by atoms with Crippen molar-refractivity contribution in [2.75, 3.05) is 12.3 Å². The highest BCUT2D eigenvalue weighted by Gasteiger charge is 2.14. The lowest BCUT2D eigenvalue weighted by atomic mass is 10.0. The van der Waals surface area contributed by atoms with Gasteiger partial charge in [0.05, 0.1) is 10.7 Å². The Labute approximate surface area is 165 Å². The smallest absolute Gasteiger partial charge is 0.277 e. The summed E-state index contributed by atoms with van der Waals surface area (Å²) in [5, 5.41) is 21.7. The van der Waals surface area contributed by atoms with Crippen molar-refractivity contribution in [2.45, 2.75) is 18.1 Å². The van der Waals surface area contributed by atoms with Crippen LogP contribution in [0.25, 0.3) is 11.5 Å². The lowest BCUT2D eigenvalue weighted by Gasteiger charge is -2.12. The summed E-state index contributed by atoms with van der Waals surface area (Å²) in [6, 6.07) is 15.9. The van der Waals surface area contributed by atoms with Crippen molar-refractivity contribution in [3.8, 4) is 11.5 Å². The summed E-state index contributed by atoms with van der Waals surface area (Å²) >= 11 is 1.12. The fourth-order valence-electron chi connectivity index (χ4n) is 2.48. The van der Waals surface area contributed by atoms with Crippen LogP contribution in [-0.2, 0) is 4.79 Å². The van der Waals surface area contributed by atoms with Crippen molar-refractivity contribution in [3.05, 3.63) is 70.3 Å². The van der Waals surface area contributed by atoms with Gasteiger partial charge in [0.1, 0.15) is 0 Å². The molecule has 0 saturated heterocycles. The SMILES string of the molecule is C[C@@H](CNC(=O)CSc1nnc(-c2cccc([N+](=O)[O-])c2)o1)c1ccccc1. The number of hydrogen-bond donors (Lipinski definition) is 1. The van der Waals surface area contributed by atoms with Crippen molar-refractivity contribution < 1.29 is 14.1 Å². The molecular weight excluding hydrogens is 380 g/mol. The predicted molar refractivity (Wildman–Crippen MR) is 105 cm³/mol. The lowest BCUT2D eigenvalue weighted by Crippen LogP contribution is -2.28. The number of aromatic nitrogens is 2. The Balaban J connectivity index is 1.51. The van der Waals surface area contributed by atoms with E-state index in [2.05, 4.69) is 15.5 Å². The standard InChI is InChI=1S/C19H18N4O4S/c1-13(14-6-3-2-4-7-14)11-20-17(24)12-28-19-22-21-18(27-19)15-8-5-9-16(10-15)23(25)26/h2-10,13H,11-12H2,1H3,(H,20,24)/t13-/m0/s1. The average Bonchev–Trinajstić information content (AvgIpc) is 3.20. The predicted octanol–water partition coefficient (Wildman–Crippen LogP) is 3.66. The summed E-state index contributed by atoms with van der Waals surface area (Å²) in [6.07, 6.45) is 0. The van der Waals surface area contributed by atoms with E-state index in [1.165, 1.54) is 12.1 Å². The molecule has 0 spiro atoms. The molecule has 1 N–H and O–H groups in total. The summed E-state index contributed by atoms with van der Waals surface area (Å²) in [5.41, 5.74) is 1.56. The molecule has 0 aliphatic carbocycles. The molecule has 2 aromatic carbocycles. The topological polar surface area (TPSA) is 111 Å². The van der Waals surface area contributed by atoms with E-state index in [1.807, 2.05) is 37.3 Å². The van der Waals surface area contributed by atoms with Gasteiger partial charge in [-0.2, -0.15) is 0 Å². The van der Waals surface area contributed by atoms with E-state index in [0.717, 1.165) is 17.3 Å². The molecular formula is C19H18N4O4S. The summed E-state index contributed by atoms with van der Waals surface area (Å²) in [7, 11) is 0. The Morgan fingerprint density at radius 1 is 1.21 bits per heavy atom. The van der Waals surface area contributed by atoms with Gasteiger partial charge in [-0.3, -0.25) is 14.9 Å². The highest BCUT2D eigenvalue weighted by atomic mass is 32.2. The zero-order valence-electron chi connectivity index (χ0n) is 15.1. The number of non-ortho nitro benzene ring substituents is 1. The largest absolute Gasteiger partial charge is 0.411 e. The van der Waals surface area contributed by atoms with Gasteiger partial charge in [-0.1, -0.05) is 55.1 Å². The Hall–Kier alpha value is -3.20. The number of rotatable bonds is 8. The van der Waals surface area contributed by atoms with E-state index in [9.17, 15) is 14.9 Å². The second-order valence-corrected chi connectivity index (χ2v) is 7.01. The third-order valence-corrected chi connectivity index (χ3v) is 4.83. The number of hydrogen-bond acceptors (Lipinski definition) is 7. The number of thioether (sulfide) groups is 1. The first-order valence-electron chi connectivity index (χ1n) is 8.55. The van der Waals surface area contributed by atoms with Crippen molar-refractivity contribution >= 4 is 23.4 Å². The number of nitro benzene ring substituents is 1. The first-order valence-corrected chi connectivity index (χ1v) is 9.54. The summed E-state index contributed by atoms with van der Waals surface area (Å²) < 4.78 is 5.49. The minimum atomic E-state index is -0.490. The van der Waals surface area contributed by atoms with Crippen molar-refractivity contribution in [3.63, 3.8) is 0 Å². The van der Waals surface area contributed by atoms with Gasteiger partial charge in [0.2, 0.25) is 11.8 Å². The Bertz CT molecular complexity index is 961. The number of amides is 1. The summed E-state index contributed by atoms with van der Waals surface area (Å²) in [5.74, 6) is 0.379. The van der Waals surface area contributed by atoms with Crippen LogP contribution in [0.3, 0.4) is 0 Å². The summed E-state index contributed by atoms with van der Waals surface area (Å²) in [6.45, 7) is 2.58. The highest BCUT2D eigenvalue weighted by Crippen LogP contribution is 2.25. The molecule has 0 radical (unpaired) electrons. The molecule has 3 rings (SSSR count). The van der Waals surface area contributed by atoms with Crippen LogP contribution >= 0.6 is 11.8 Å². The molecule has 3 aromatic rings.